The van der Waals surface area contributed by atoms with Gasteiger partial charge in [0.05, 0.1) is 0 Å². The number of Topliss-reactive ketones (excluding diaryl/α,β-unsaturated/α-hetero) is 1. The molecule has 2 rings (SSSR count). The fourth-order valence-electron chi connectivity index (χ4n) is 2.05. The molecule has 0 bridgehead atoms. The molecule has 1 aromatic rings. The quantitative estimate of drug-likeness (QED) is 0.734. The zero-order valence-corrected chi connectivity index (χ0v) is 8.02. The van der Waals surface area contributed by atoms with Crippen LogP contribution in [0.1, 0.15) is 30.7 Å². The summed E-state index contributed by atoms with van der Waals surface area (Å²) in [6, 6.07) is 9.72. The Bertz CT molecular complexity index is 318. The van der Waals surface area contributed by atoms with Crippen molar-refractivity contribution in [2.75, 3.05) is 0 Å². The summed E-state index contributed by atoms with van der Waals surface area (Å²) in [6.45, 7) is 0. The molecule has 0 aromatic heterocycles. The highest BCUT2D eigenvalue weighted by atomic mass is 16.3. The third-order valence-electron chi connectivity index (χ3n) is 2.84. The van der Waals surface area contributed by atoms with Gasteiger partial charge in [-0.25, -0.2) is 0 Å². The van der Waals surface area contributed by atoms with Gasteiger partial charge in [-0.3, -0.25) is 4.79 Å². The van der Waals surface area contributed by atoms with Crippen LogP contribution in [0.5, 0.6) is 0 Å². The van der Waals surface area contributed by atoms with Gasteiger partial charge in [0, 0.05) is 5.92 Å². The first kappa shape index (κ1) is 9.41. The second-order valence-electron chi connectivity index (χ2n) is 3.81. The lowest BCUT2D eigenvalue weighted by Crippen LogP contribution is -2.30. The van der Waals surface area contributed by atoms with Gasteiger partial charge in [-0.15, -0.1) is 0 Å². The Morgan fingerprint density at radius 3 is 2.57 bits per heavy atom. The Labute approximate surface area is 83.6 Å². The molecule has 1 aromatic carbocycles. The zero-order valence-electron chi connectivity index (χ0n) is 8.02. The third-order valence-corrected chi connectivity index (χ3v) is 2.84. The summed E-state index contributed by atoms with van der Waals surface area (Å²) in [7, 11) is 0. The van der Waals surface area contributed by atoms with Gasteiger partial charge >= 0.3 is 0 Å². The summed E-state index contributed by atoms with van der Waals surface area (Å²) in [6.07, 6.45) is 1.70. The minimum absolute atomic E-state index is 0.0116. The normalized spacial score (nSPS) is 27.6. The summed E-state index contributed by atoms with van der Waals surface area (Å²) in [5.41, 5.74) is 1.04. The molecule has 14 heavy (non-hydrogen) atoms. The summed E-state index contributed by atoms with van der Waals surface area (Å²) >= 11 is 0. The largest absolute Gasteiger partial charge is 0.385 e. The number of hydrogen-bond donors (Lipinski definition) is 1. The maximum atomic E-state index is 11.7. The zero-order chi connectivity index (χ0) is 9.97. The Hall–Kier alpha value is -1.15. The highest BCUT2D eigenvalue weighted by molar-refractivity contribution is 5.90. The van der Waals surface area contributed by atoms with E-state index in [2.05, 4.69) is 0 Å². The standard InChI is InChI=1S/C12H14O2/c13-11-8-4-7-10(12(11)14)9-5-2-1-3-6-9/h1-3,5-6,10-11,13H,4,7-8H2. The number of benzene rings is 1. The van der Waals surface area contributed by atoms with Crippen molar-refractivity contribution in [3.63, 3.8) is 0 Å². The van der Waals surface area contributed by atoms with Gasteiger partial charge in [0.1, 0.15) is 6.10 Å². The average Bonchev–Trinajstić information content (AvgIpc) is 2.23. The number of rotatable bonds is 1. The highest BCUT2D eigenvalue weighted by Gasteiger charge is 2.30. The van der Waals surface area contributed by atoms with Gasteiger partial charge in [-0.05, 0) is 24.8 Å². The Balaban J connectivity index is 2.22. The lowest BCUT2D eigenvalue weighted by atomic mass is 9.81. The first-order chi connectivity index (χ1) is 6.79. The topological polar surface area (TPSA) is 37.3 Å². The first-order valence-electron chi connectivity index (χ1n) is 5.06. The van der Waals surface area contributed by atoms with E-state index < -0.39 is 6.10 Å². The lowest BCUT2D eigenvalue weighted by Gasteiger charge is -2.24. The summed E-state index contributed by atoms with van der Waals surface area (Å²) in [5, 5.41) is 9.46. The van der Waals surface area contributed by atoms with Gasteiger partial charge < -0.3 is 5.11 Å². The molecule has 2 unspecified atom stereocenters. The maximum Gasteiger partial charge on any atom is 0.168 e. The Kier molecular flexibility index (Phi) is 2.64. The van der Waals surface area contributed by atoms with Crippen LogP contribution in [-0.2, 0) is 4.79 Å². The molecule has 1 N–H and O–H groups in total. The molecule has 1 aliphatic carbocycles. The smallest absolute Gasteiger partial charge is 0.168 e. The summed E-state index contributed by atoms with van der Waals surface area (Å²) in [5.74, 6) is -0.0950. The number of carbonyl (C=O) groups excluding carboxylic acids is 1. The number of ketones is 1. The van der Waals surface area contributed by atoms with Crippen LogP contribution < -0.4 is 0 Å². The molecule has 0 aliphatic heterocycles. The molecule has 2 nitrogen and oxygen atoms in total. The molecule has 0 heterocycles. The van der Waals surface area contributed by atoms with Crippen LogP contribution in [0.4, 0.5) is 0 Å². The van der Waals surface area contributed by atoms with Crippen molar-refractivity contribution >= 4 is 5.78 Å². The van der Waals surface area contributed by atoms with E-state index in [1.165, 1.54) is 0 Å². The molecule has 0 saturated heterocycles. The van der Waals surface area contributed by atoms with Crippen LogP contribution in [0.2, 0.25) is 0 Å². The second-order valence-corrected chi connectivity index (χ2v) is 3.81. The molecule has 2 atom stereocenters. The summed E-state index contributed by atoms with van der Waals surface area (Å²) in [4.78, 5) is 11.7. The van der Waals surface area contributed by atoms with Crippen molar-refractivity contribution < 1.29 is 9.90 Å². The molecule has 0 amide bonds. The minimum atomic E-state index is -0.742. The van der Waals surface area contributed by atoms with Crippen molar-refractivity contribution in [1.29, 1.82) is 0 Å². The first-order valence-corrected chi connectivity index (χ1v) is 5.06. The fourth-order valence-corrected chi connectivity index (χ4v) is 2.05. The van der Waals surface area contributed by atoms with Crippen molar-refractivity contribution in [3.8, 4) is 0 Å². The maximum absolute atomic E-state index is 11.7. The van der Waals surface area contributed by atoms with Gasteiger partial charge in [0.15, 0.2) is 5.78 Å². The van der Waals surface area contributed by atoms with E-state index in [1.807, 2.05) is 30.3 Å². The van der Waals surface area contributed by atoms with E-state index in [0.717, 1.165) is 18.4 Å². The number of aliphatic hydroxyl groups excluding tert-OH is 1. The van der Waals surface area contributed by atoms with Crippen molar-refractivity contribution in [2.45, 2.75) is 31.3 Å². The molecular formula is C12H14O2. The number of hydrogen-bond acceptors (Lipinski definition) is 2. The van der Waals surface area contributed by atoms with Gasteiger partial charge in [0.25, 0.3) is 0 Å². The van der Waals surface area contributed by atoms with Crippen LogP contribution in [0.15, 0.2) is 30.3 Å². The third kappa shape index (κ3) is 1.70. The van der Waals surface area contributed by atoms with E-state index >= 15 is 0 Å². The lowest BCUT2D eigenvalue weighted by molar-refractivity contribution is -0.131. The van der Waals surface area contributed by atoms with E-state index in [-0.39, 0.29) is 11.7 Å². The van der Waals surface area contributed by atoms with Crippen LogP contribution in [0.3, 0.4) is 0 Å². The predicted molar refractivity (Wildman–Crippen MR) is 54.0 cm³/mol. The van der Waals surface area contributed by atoms with Crippen molar-refractivity contribution in [1.82, 2.24) is 0 Å². The number of aliphatic hydroxyl groups is 1. The van der Waals surface area contributed by atoms with Crippen LogP contribution in [0, 0.1) is 0 Å². The minimum Gasteiger partial charge on any atom is -0.385 e. The van der Waals surface area contributed by atoms with Crippen LogP contribution in [0.25, 0.3) is 0 Å². The van der Waals surface area contributed by atoms with E-state index in [1.54, 1.807) is 0 Å². The second kappa shape index (κ2) is 3.93. The Morgan fingerprint density at radius 2 is 1.86 bits per heavy atom. The van der Waals surface area contributed by atoms with Crippen LogP contribution >= 0.6 is 0 Å². The van der Waals surface area contributed by atoms with Crippen molar-refractivity contribution in [2.24, 2.45) is 0 Å². The van der Waals surface area contributed by atoms with Crippen LogP contribution in [-0.4, -0.2) is 17.0 Å². The van der Waals surface area contributed by atoms with E-state index in [9.17, 15) is 9.90 Å². The molecule has 0 spiro atoms. The molecular weight excluding hydrogens is 176 g/mol. The van der Waals surface area contributed by atoms with E-state index in [4.69, 9.17) is 0 Å². The highest BCUT2D eigenvalue weighted by Crippen LogP contribution is 2.29. The number of carbonyl (C=O) groups is 1. The molecule has 74 valence electrons. The Morgan fingerprint density at radius 1 is 1.14 bits per heavy atom. The molecule has 2 heteroatoms. The SMILES string of the molecule is O=C1C(O)CCCC1c1ccccc1. The molecule has 0 radical (unpaired) electrons. The molecule has 1 fully saturated rings. The molecule has 1 saturated carbocycles. The molecule has 1 aliphatic rings. The van der Waals surface area contributed by atoms with E-state index in [0.29, 0.717) is 6.42 Å². The van der Waals surface area contributed by atoms with Gasteiger partial charge in [-0.2, -0.15) is 0 Å². The van der Waals surface area contributed by atoms with Gasteiger partial charge in [0.2, 0.25) is 0 Å². The predicted octanol–water partition coefficient (Wildman–Crippen LogP) is 1.88. The fraction of sp³-hybridized carbons (Fsp3) is 0.417. The van der Waals surface area contributed by atoms with Gasteiger partial charge in [-0.1, -0.05) is 30.3 Å². The van der Waals surface area contributed by atoms with Crippen molar-refractivity contribution in [3.05, 3.63) is 35.9 Å². The summed E-state index contributed by atoms with van der Waals surface area (Å²) < 4.78 is 0. The average molecular weight is 190 g/mol. The monoisotopic (exact) mass is 190 g/mol.